The molecule has 0 saturated carbocycles. The highest BCUT2D eigenvalue weighted by atomic mass is 16.6. The van der Waals surface area contributed by atoms with Crippen molar-refractivity contribution in [3.8, 4) is 0 Å². The number of nitro groups is 2. The van der Waals surface area contributed by atoms with Crippen LogP contribution in [0, 0.1) is 20.2 Å². The standard InChI is InChI=1S/C20H18N2O9/c23-10-9-17-18(29-11-13-5-1-3-7-15(13)21(25)26)19(20(24)31-17)30-12-14-6-2-4-8-16(14)22(27)28/h1-8,17,23H,9-12H2. The first kappa shape index (κ1) is 21.7. The quantitative estimate of drug-likeness (QED) is 0.341. The number of cyclic esters (lactones) is 1. The molecule has 0 spiro atoms. The Morgan fingerprint density at radius 1 is 0.903 bits per heavy atom. The lowest BCUT2D eigenvalue weighted by molar-refractivity contribution is -0.386. The normalized spacial score (nSPS) is 15.5. The molecule has 2 aromatic rings. The molecule has 1 atom stereocenters. The van der Waals surface area contributed by atoms with Gasteiger partial charge in [0.15, 0.2) is 11.9 Å². The number of carbonyl (C=O) groups excluding carboxylic acids is 1. The van der Waals surface area contributed by atoms with E-state index in [4.69, 9.17) is 14.2 Å². The lowest BCUT2D eigenvalue weighted by Gasteiger charge is -2.14. The molecule has 0 fully saturated rings. The molecular formula is C20H18N2O9. The summed E-state index contributed by atoms with van der Waals surface area (Å²) in [4.78, 5) is 33.5. The van der Waals surface area contributed by atoms with Gasteiger partial charge in [-0.15, -0.1) is 0 Å². The van der Waals surface area contributed by atoms with Gasteiger partial charge >= 0.3 is 5.97 Å². The molecule has 0 bridgehead atoms. The fourth-order valence-corrected chi connectivity index (χ4v) is 3.01. The molecule has 0 saturated heterocycles. The Morgan fingerprint density at radius 2 is 1.42 bits per heavy atom. The number of benzene rings is 2. The van der Waals surface area contributed by atoms with Crippen LogP contribution in [-0.4, -0.2) is 33.6 Å². The molecule has 31 heavy (non-hydrogen) atoms. The van der Waals surface area contributed by atoms with Gasteiger partial charge in [0.05, 0.1) is 21.0 Å². The molecule has 0 radical (unpaired) electrons. The number of nitro benzene ring substituents is 2. The van der Waals surface area contributed by atoms with E-state index in [-0.39, 0.29) is 60.3 Å². The summed E-state index contributed by atoms with van der Waals surface area (Å²) in [5.41, 5.74) is 0.162. The fraction of sp³-hybridized carbons (Fsp3) is 0.250. The molecule has 11 nitrogen and oxygen atoms in total. The molecule has 11 heteroatoms. The third-order valence-electron chi connectivity index (χ3n) is 4.47. The van der Waals surface area contributed by atoms with E-state index >= 15 is 0 Å². The molecule has 1 aliphatic rings. The van der Waals surface area contributed by atoms with Crippen LogP contribution >= 0.6 is 0 Å². The van der Waals surface area contributed by atoms with Gasteiger partial charge < -0.3 is 19.3 Å². The van der Waals surface area contributed by atoms with Crippen LogP contribution in [0.25, 0.3) is 0 Å². The molecule has 0 amide bonds. The van der Waals surface area contributed by atoms with Crippen molar-refractivity contribution in [1.29, 1.82) is 0 Å². The number of esters is 1. The Morgan fingerprint density at radius 3 is 1.94 bits per heavy atom. The Hall–Kier alpha value is -3.99. The Kier molecular flexibility index (Phi) is 6.78. The van der Waals surface area contributed by atoms with Crippen molar-refractivity contribution >= 4 is 17.3 Å². The van der Waals surface area contributed by atoms with Crippen LogP contribution < -0.4 is 0 Å². The van der Waals surface area contributed by atoms with Crippen LogP contribution in [0.2, 0.25) is 0 Å². The van der Waals surface area contributed by atoms with Crippen LogP contribution in [0.5, 0.6) is 0 Å². The van der Waals surface area contributed by atoms with Crippen molar-refractivity contribution in [2.45, 2.75) is 25.7 Å². The molecule has 0 aliphatic carbocycles. The number of hydrogen-bond acceptors (Lipinski definition) is 9. The fourth-order valence-electron chi connectivity index (χ4n) is 3.01. The van der Waals surface area contributed by atoms with Crippen LogP contribution in [0.3, 0.4) is 0 Å². The number of ether oxygens (including phenoxy) is 3. The summed E-state index contributed by atoms with van der Waals surface area (Å²) in [6.07, 6.45) is -0.919. The van der Waals surface area contributed by atoms with Crippen LogP contribution in [-0.2, 0) is 32.2 Å². The SMILES string of the molecule is O=C1OC(CCO)C(OCc2ccccc2[N+](=O)[O-])=C1OCc1ccccc1[N+](=O)[O-]. The number of aliphatic hydroxyl groups excluding tert-OH is 1. The van der Waals surface area contributed by atoms with Gasteiger partial charge in [-0.3, -0.25) is 20.2 Å². The predicted molar refractivity (Wildman–Crippen MR) is 104 cm³/mol. The third-order valence-corrected chi connectivity index (χ3v) is 4.47. The van der Waals surface area contributed by atoms with Crippen molar-refractivity contribution in [3.05, 3.63) is 91.4 Å². The van der Waals surface area contributed by atoms with E-state index in [1.807, 2.05) is 0 Å². The molecule has 1 heterocycles. The molecule has 1 unspecified atom stereocenters. The van der Waals surface area contributed by atoms with E-state index < -0.39 is 21.9 Å². The third kappa shape index (κ3) is 4.95. The van der Waals surface area contributed by atoms with Gasteiger partial charge in [0.1, 0.15) is 13.2 Å². The first-order valence-electron chi connectivity index (χ1n) is 9.18. The number of nitrogens with zero attached hydrogens (tertiary/aromatic N) is 2. The van der Waals surface area contributed by atoms with E-state index in [9.17, 15) is 30.1 Å². The molecule has 3 rings (SSSR count). The second kappa shape index (κ2) is 9.67. The summed E-state index contributed by atoms with van der Waals surface area (Å²) in [6.45, 7) is -0.858. The highest BCUT2D eigenvalue weighted by Gasteiger charge is 2.38. The molecule has 162 valence electrons. The lowest BCUT2D eigenvalue weighted by atomic mass is 10.2. The summed E-state index contributed by atoms with van der Waals surface area (Å²) in [6, 6.07) is 11.8. The van der Waals surface area contributed by atoms with Gasteiger partial charge in [0, 0.05) is 25.2 Å². The van der Waals surface area contributed by atoms with Crippen molar-refractivity contribution in [2.24, 2.45) is 0 Å². The molecule has 1 N–H and O–H groups in total. The number of rotatable bonds is 10. The second-order valence-corrected chi connectivity index (χ2v) is 6.45. The number of para-hydroxylation sites is 2. The first-order chi connectivity index (χ1) is 14.9. The summed E-state index contributed by atoms with van der Waals surface area (Å²) in [5.74, 6) is -1.18. The van der Waals surface area contributed by atoms with Gasteiger partial charge in [0.2, 0.25) is 5.76 Å². The van der Waals surface area contributed by atoms with Crippen LogP contribution in [0.15, 0.2) is 60.0 Å². The summed E-state index contributed by atoms with van der Waals surface area (Å²) in [5, 5.41) is 31.6. The molecular weight excluding hydrogens is 412 g/mol. The van der Waals surface area contributed by atoms with Crippen molar-refractivity contribution in [2.75, 3.05) is 6.61 Å². The second-order valence-electron chi connectivity index (χ2n) is 6.45. The minimum absolute atomic E-state index is 0.0241. The minimum Gasteiger partial charge on any atom is -0.485 e. The monoisotopic (exact) mass is 430 g/mol. The van der Waals surface area contributed by atoms with Crippen molar-refractivity contribution < 1.29 is 34.0 Å². The van der Waals surface area contributed by atoms with Gasteiger partial charge in [-0.1, -0.05) is 24.3 Å². The predicted octanol–water partition coefficient (Wildman–Crippen LogP) is 2.76. The maximum Gasteiger partial charge on any atom is 0.378 e. The number of hydrogen-bond donors (Lipinski definition) is 1. The van der Waals surface area contributed by atoms with Crippen molar-refractivity contribution in [3.63, 3.8) is 0 Å². The van der Waals surface area contributed by atoms with E-state index in [2.05, 4.69) is 0 Å². The van der Waals surface area contributed by atoms with Crippen LogP contribution in [0.4, 0.5) is 11.4 Å². The smallest absolute Gasteiger partial charge is 0.378 e. The van der Waals surface area contributed by atoms with E-state index in [0.717, 1.165) is 0 Å². The Balaban J connectivity index is 1.85. The largest absolute Gasteiger partial charge is 0.485 e. The Labute approximate surface area is 175 Å². The topological polar surface area (TPSA) is 151 Å². The Bertz CT molecular complexity index is 1030. The van der Waals surface area contributed by atoms with Gasteiger partial charge in [-0.2, -0.15) is 0 Å². The molecule has 2 aromatic carbocycles. The number of carbonyl (C=O) groups is 1. The lowest BCUT2D eigenvalue weighted by Crippen LogP contribution is -2.15. The zero-order valence-electron chi connectivity index (χ0n) is 16.1. The van der Waals surface area contributed by atoms with Gasteiger partial charge in [-0.05, 0) is 12.1 Å². The molecule has 1 aliphatic heterocycles. The first-order valence-corrected chi connectivity index (χ1v) is 9.18. The van der Waals surface area contributed by atoms with Crippen molar-refractivity contribution in [1.82, 2.24) is 0 Å². The number of aliphatic hydroxyl groups is 1. The van der Waals surface area contributed by atoms with E-state index in [1.165, 1.54) is 36.4 Å². The zero-order chi connectivity index (χ0) is 22.4. The maximum absolute atomic E-state index is 12.3. The average Bonchev–Trinajstić information content (AvgIpc) is 3.05. The average molecular weight is 430 g/mol. The molecule has 0 aromatic heterocycles. The minimum atomic E-state index is -0.943. The maximum atomic E-state index is 12.3. The highest BCUT2D eigenvalue weighted by molar-refractivity contribution is 5.89. The van der Waals surface area contributed by atoms with Crippen LogP contribution in [0.1, 0.15) is 17.5 Å². The van der Waals surface area contributed by atoms with E-state index in [0.29, 0.717) is 0 Å². The van der Waals surface area contributed by atoms with Gasteiger partial charge in [-0.25, -0.2) is 4.79 Å². The zero-order valence-corrected chi connectivity index (χ0v) is 16.1. The summed E-state index contributed by atoms with van der Waals surface area (Å²) >= 11 is 0. The highest BCUT2D eigenvalue weighted by Crippen LogP contribution is 2.30. The van der Waals surface area contributed by atoms with Gasteiger partial charge in [0.25, 0.3) is 11.4 Å². The summed E-state index contributed by atoms with van der Waals surface area (Å²) < 4.78 is 16.3. The van der Waals surface area contributed by atoms with E-state index in [1.54, 1.807) is 12.1 Å². The summed E-state index contributed by atoms with van der Waals surface area (Å²) in [7, 11) is 0.